The van der Waals surface area contributed by atoms with Gasteiger partial charge in [-0.3, -0.25) is 9.69 Å². The molecule has 0 unspecified atom stereocenters. The highest BCUT2D eigenvalue weighted by atomic mass is 35.5. The topological polar surface area (TPSA) is 78.9 Å². The van der Waals surface area contributed by atoms with Gasteiger partial charge in [0.15, 0.2) is 0 Å². The number of anilines is 1. The number of esters is 1. The molecule has 3 rings (SSSR count). The number of rotatable bonds is 5. The normalized spacial score (nSPS) is 15.5. The van der Waals surface area contributed by atoms with E-state index in [4.69, 9.17) is 16.3 Å². The number of aliphatic hydroxyl groups excluding tert-OH is 1. The Morgan fingerprint density at radius 2 is 2.00 bits per heavy atom. The van der Waals surface area contributed by atoms with Crippen LogP contribution in [0.2, 0.25) is 5.02 Å². The second-order valence-electron chi connectivity index (χ2n) is 6.38. The van der Waals surface area contributed by atoms with Crippen LogP contribution in [0.4, 0.5) is 5.00 Å². The van der Waals surface area contributed by atoms with Gasteiger partial charge in [0.25, 0.3) is 0 Å². The first-order chi connectivity index (χ1) is 13.0. The number of carbonyl (C=O) groups is 2. The summed E-state index contributed by atoms with van der Waals surface area (Å²) in [6.07, 6.45) is 1.04. The molecule has 27 heavy (non-hydrogen) atoms. The van der Waals surface area contributed by atoms with Gasteiger partial charge < -0.3 is 15.2 Å². The summed E-state index contributed by atoms with van der Waals surface area (Å²) in [7, 11) is 1.31. The molecule has 1 aromatic heterocycles. The van der Waals surface area contributed by atoms with Crippen molar-refractivity contribution >= 4 is 39.8 Å². The third-order valence-corrected chi connectivity index (χ3v) is 5.75. The summed E-state index contributed by atoms with van der Waals surface area (Å²) in [4.78, 5) is 26.8. The van der Waals surface area contributed by atoms with Gasteiger partial charge in [0.1, 0.15) is 10.6 Å². The average molecular weight is 409 g/mol. The standard InChI is InChI=1S/C19H21ClN2O4S/c1-26-19(25)17-14(13-4-2-3-5-15(13)20)11-27-18(17)21-16(24)10-22-8-6-12(23)7-9-22/h2-5,11-12,23H,6-10H2,1H3,(H,21,24). The highest BCUT2D eigenvalue weighted by Gasteiger charge is 2.24. The van der Waals surface area contributed by atoms with Crippen molar-refractivity contribution in [3.05, 3.63) is 40.2 Å². The number of carbonyl (C=O) groups excluding carboxylic acids is 2. The van der Waals surface area contributed by atoms with Crippen molar-refractivity contribution in [2.45, 2.75) is 18.9 Å². The maximum atomic E-state index is 12.5. The quantitative estimate of drug-likeness (QED) is 0.742. The lowest BCUT2D eigenvalue weighted by atomic mass is 10.0. The molecule has 2 N–H and O–H groups in total. The molecule has 1 fully saturated rings. The Bertz CT molecular complexity index is 831. The lowest BCUT2D eigenvalue weighted by Gasteiger charge is -2.28. The molecule has 0 spiro atoms. The zero-order chi connectivity index (χ0) is 19.4. The number of nitrogens with zero attached hydrogens (tertiary/aromatic N) is 1. The molecule has 0 atom stereocenters. The van der Waals surface area contributed by atoms with Gasteiger partial charge in [-0.15, -0.1) is 11.3 Å². The number of likely N-dealkylation sites (tertiary alicyclic amines) is 1. The van der Waals surface area contributed by atoms with Crippen LogP contribution in [0.1, 0.15) is 23.2 Å². The highest BCUT2D eigenvalue weighted by Crippen LogP contribution is 2.39. The number of methoxy groups -OCH3 is 1. The SMILES string of the molecule is COC(=O)c1c(-c2ccccc2Cl)csc1NC(=O)CN1CCC(O)CC1. The summed E-state index contributed by atoms with van der Waals surface area (Å²) in [5.74, 6) is -0.730. The molecule has 0 bridgehead atoms. The molecule has 1 saturated heterocycles. The minimum atomic E-state index is -0.525. The van der Waals surface area contributed by atoms with E-state index in [1.807, 2.05) is 23.1 Å². The number of amides is 1. The highest BCUT2D eigenvalue weighted by molar-refractivity contribution is 7.15. The van der Waals surface area contributed by atoms with Crippen LogP contribution >= 0.6 is 22.9 Å². The Balaban J connectivity index is 1.80. The monoisotopic (exact) mass is 408 g/mol. The first-order valence-electron chi connectivity index (χ1n) is 8.64. The van der Waals surface area contributed by atoms with Gasteiger partial charge in [0.2, 0.25) is 5.91 Å². The van der Waals surface area contributed by atoms with Crippen LogP contribution in [0, 0.1) is 0 Å². The maximum absolute atomic E-state index is 12.5. The van der Waals surface area contributed by atoms with Crippen LogP contribution in [0.5, 0.6) is 0 Å². The first-order valence-corrected chi connectivity index (χ1v) is 9.90. The van der Waals surface area contributed by atoms with E-state index < -0.39 is 5.97 Å². The fourth-order valence-electron chi connectivity index (χ4n) is 3.08. The molecule has 0 saturated carbocycles. The van der Waals surface area contributed by atoms with Crippen LogP contribution in [0.3, 0.4) is 0 Å². The Hall–Kier alpha value is -1.93. The molecule has 2 heterocycles. The smallest absolute Gasteiger partial charge is 0.341 e. The van der Waals surface area contributed by atoms with E-state index in [1.54, 1.807) is 11.4 Å². The first kappa shape index (κ1) is 19.8. The molecule has 1 aromatic carbocycles. The number of nitrogens with one attached hydrogen (secondary N) is 1. The molecular weight excluding hydrogens is 388 g/mol. The maximum Gasteiger partial charge on any atom is 0.341 e. The number of ether oxygens (including phenoxy) is 1. The van der Waals surface area contributed by atoms with Crippen LogP contribution in [-0.4, -0.2) is 54.7 Å². The number of thiophene rings is 1. The molecule has 1 aliphatic rings. The van der Waals surface area contributed by atoms with Crippen molar-refractivity contribution in [1.82, 2.24) is 4.90 Å². The lowest BCUT2D eigenvalue weighted by molar-refractivity contribution is -0.117. The van der Waals surface area contributed by atoms with Crippen molar-refractivity contribution in [2.24, 2.45) is 0 Å². The third-order valence-electron chi connectivity index (χ3n) is 4.52. The largest absolute Gasteiger partial charge is 0.465 e. The van der Waals surface area contributed by atoms with Gasteiger partial charge in [-0.25, -0.2) is 4.79 Å². The van der Waals surface area contributed by atoms with E-state index in [0.29, 0.717) is 52.6 Å². The van der Waals surface area contributed by atoms with E-state index in [-0.39, 0.29) is 18.6 Å². The minimum Gasteiger partial charge on any atom is -0.465 e. The Labute approximate surface area is 166 Å². The number of piperidine rings is 1. The van der Waals surface area contributed by atoms with E-state index in [9.17, 15) is 14.7 Å². The van der Waals surface area contributed by atoms with Crippen LogP contribution in [0.15, 0.2) is 29.6 Å². The zero-order valence-corrected chi connectivity index (χ0v) is 16.5. The van der Waals surface area contributed by atoms with Crippen molar-refractivity contribution in [3.63, 3.8) is 0 Å². The van der Waals surface area contributed by atoms with Crippen molar-refractivity contribution in [2.75, 3.05) is 32.1 Å². The molecule has 8 heteroatoms. The lowest BCUT2D eigenvalue weighted by Crippen LogP contribution is -2.40. The number of halogens is 1. The fourth-order valence-corrected chi connectivity index (χ4v) is 4.28. The second kappa shape index (κ2) is 8.84. The summed E-state index contributed by atoms with van der Waals surface area (Å²) in [6, 6.07) is 7.22. The van der Waals surface area contributed by atoms with Gasteiger partial charge in [-0.05, 0) is 18.9 Å². The van der Waals surface area contributed by atoms with Crippen molar-refractivity contribution in [1.29, 1.82) is 0 Å². The van der Waals surface area contributed by atoms with Gasteiger partial charge in [0.05, 0.1) is 19.8 Å². The number of benzene rings is 1. The molecule has 0 radical (unpaired) electrons. The van der Waals surface area contributed by atoms with E-state index in [1.165, 1.54) is 18.4 Å². The second-order valence-corrected chi connectivity index (χ2v) is 7.67. The molecule has 1 amide bonds. The number of hydrogen-bond donors (Lipinski definition) is 2. The molecule has 6 nitrogen and oxygen atoms in total. The third kappa shape index (κ3) is 4.68. The Kier molecular flexibility index (Phi) is 6.49. The zero-order valence-electron chi connectivity index (χ0n) is 14.9. The van der Waals surface area contributed by atoms with Gasteiger partial charge in [-0.2, -0.15) is 0 Å². The minimum absolute atomic E-state index is 0.205. The molecule has 144 valence electrons. The van der Waals surface area contributed by atoms with Gasteiger partial charge in [-0.1, -0.05) is 29.8 Å². The van der Waals surface area contributed by atoms with Gasteiger partial charge >= 0.3 is 5.97 Å². The van der Waals surface area contributed by atoms with Crippen molar-refractivity contribution < 1.29 is 19.4 Å². The van der Waals surface area contributed by atoms with E-state index >= 15 is 0 Å². The summed E-state index contributed by atoms with van der Waals surface area (Å²) >= 11 is 7.54. The predicted octanol–water partition coefficient (Wildman–Crippen LogP) is 3.25. The molecular formula is C19H21ClN2O4S. The van der Waals surface area contributed by atoms with E-state index in [0.717, 1.165) is 0 Å². The van der Waals surface area contributed by atoms with Crippen LogP contribution in [0.25, 0.3) is 11.1 Å². The Morgan fingerprint density at radius 3 is 2.67 bits per heavy atom. The predicted molar refractivity (Wildman–Crippen MR) is 106 cm³/mol. The number of hydrogen-bond acceptors (Lipinski definition) is 6. The molecule has 1 aliphatic heterocycles. The fraction of sp³-hybridized carbons (Fsp3) is 0.368. The van der Waals surface area contributed by atoms with E-state index in [2.05, 4.69) is 5.32 Å². The molecule has 2 aromatic rings. The number of aliphatic hydroxyl groups is 1. The van der Waals surface area contributed by atoms with Crippen molar-refractivity contribution in [3.8, 4) is 11.1 Å². The van der Waals surface area contributed by atoms with Crippen LogP contribution in [-0.2, 0) is 9.53 Å². The summed E-state index contributed by atoms with van der Waals surface area (Å²) < 4.78 is 4.92. The van der Waals surface area contributed by atoms with Gasteiger partial charge in [0, 0.05) is 34.6 Å². The summed E-state index contributed by atoms with van der Waals surface area (Å²) in [6.45, 7) is 1.56. The van der Waals surface area contributed by atoms with Crippen LogP contribution < -0.4 is 5.32 Å². The molecule has 0 aliphatic carbocycles. The Morgan fingerprint density at radius 1 is 1.30 bits per heavy atom. The summed E-state index contributed by atoms with van der Waals surface area (Å²) in [5, 5.41) is 15.1. The summed E-state index contributed by atoms with van der Waals surface area (Å²) in [5.41, 5.74) is 1.65. The average Bonchev–Trinajstić information content (AvgIpc) is 3.06.